The molecule has 0 aromatic heterocycles. The highest BCUT2D eigenvalue weighted by Crippen LogP contribution is 2.52. The van der Waals surface area contributed by atoms with E-state index in [2.05, 4.69) is 4.74 Å². The standard InChI is InChI=1S/C12H15O6P/c1-16-12(14)11(19(15,17-2)18-3)10(13)9-7-5-4-6-8-9/h4-8,11H,1-3H3. The normalized spacial score (nSPS) is 12.8. The number of rotatable bonds is 6. The number of Topliss-reactive ketones (excluding diaryl/α,β-unsaturated/α-hetero) is 1. The fraction of sp³-hybridized carbons (Fsp3) is 0.333. The van der Waals surface area contributed by atoms with Gasteiger partial charge in [0.15, 0.2) is 5.78 Å². The van der Waals surface area contributed by atoms with Crippen LogP contribution < -0.4 is 0 Å². The van der Waals surface area contributed by atoms with Crippen LogP contribution in [0.3, 0.4) is 0 Å². The highest BCUT2D eigenvalue weighted by Gasteiger charge is 2.46. The molecule has 0 saturated heterocycles. The van der Waals surface area contributed by atoms with Crippen molar-refractivity contribution in [2.24, 2.45) is 0 Å². The van der Waals surface area contributed by atoms with E-state index in [0.29, 0.717) is 0 Å². The first-order chi connectivity index (χ1) is 9.00. The molecule has 0 aliphatic carbocycles. The lowest BCUT2D eigenvalue weighted by molar-refractivity contribution is -0.139. The first-order valence-corrected chi connectivity index (χ1v) is 6.99. The highest BCUT2D eigenvalue weighted by atomic mass is 31.2. The minimum atomic E-state index is -3.91. The molecule has 0 aliphatic heterocycles. The quantitative estimate of drug-likeness (QED) is 0.344. The van der Waals surface area contributed by atoms with Gasteiger partial charge in [-0.3, -0.25) is 14.2 Å². The summed E-state index contributed by atoms with van der Waals surface area (Å²) in [6.45, 7) is 0. The van der Waals surface area contributed by atoms with Gasteiger partial charge in [-0.25, -0.2) is 0 Å². The molecule has 0 aliphatic rings. The lowest BCUT2D eigenvalue weighted by Crippen LogP contribution is -2.32. The van der Waals surface area contributed by atoms with Gasteiger partial charge in [-0.2, -0.15) is 0 Å². The van der Waals surface area contributed by atoms with E-state index in [4.69, 9.17) is 9.05 Å². The van der Waals surface area contributed by atoms with Crippen LogP contribution in [0.5, 0.6) is 0 Å². The number of esters is 1. The summed E-state index contributed by atoms with van der Waals surface area (Å²) in [5.74, 6) is -1.62. The average molecular weight is 286 g/mol. The zero-order valence-electron chi connectivity index (χ0n) is 10.9. The molecule has 0 bridgehead atoms. The summed E-state index contributed by atoms with van der Waals surface area (Å²) in [6, 6.07) is 8.00. The van der Waals surface area contributed by atoms with Crippen LogP contribution in [0, 0.1) is 0 Å². The van der Waals surface area contributed by atoms with Crippen molar-refractivity contribution in [3.63, 3.8) is 0 Å². The summed E-state index contributed by atoms with van der Waals surface area (Å²) < 4.78 is 26.3. The monoisotopic (exact) mass is 286 g/mol. The van der Waals surface area contributed by atoms with Crippen molar-refractivity contribution in [1.29, 1.82) is 0 Å². The topological polar surface area (TPSA) is 78.9 Å². The van der Waals surface area contributed by atoms with E-state index >= 15 is 0 Å². The summed E-state index contributed by atoms with van der Waals surface area (Å²) in [4.78, 5) is 24.0. The predicted octanol–water partition coefficient (Wildman–Crippen LogP) is 1.90. The Hall–Kier alpha value is -1.49. The first kappa shape index (κ1) is 15.6. The Bertz CT molecular complexity index is 490. The molecule has 104 valence electrons. The van der Waals surface area contributed by atoms with Crippen LogP contribution in [0.1, 0.15) is 10.4 Å². The Morgan fingerprint density at radius 1 is 1.05 bits per heavy atom. The van der Waals surface area contributed by atoms with E-state index < -0.39 is 25.0 Å². The van der Waals surface area contributed by atoms with E-state index in [9.17, 15) is 14.2 Å². The third kappa shape index (κ3) is 3.29. The molecule has 0 saturated carbocycles. The van der Waals surface area contributed by atoms with E-state index in [1.54, 1.807) is 18.2 Å². The third-order valence-electron chi connectivity index (χ3n) is 2.56. The molecule has 0 N–H and O–H groups in total. The largest absolute Gasteiger partial charge is 0.468 e. The molecule has 1 aromatic rings. The summed E-state index contributed by atoms with van der Waals surface area (Å²) in [6.07, 6.45) is 0. The van der Waals surface area contributed by atoms with Gasteiger partial charge < -0.3 is 13.8 Å². The van der Waals surface area contributed by atoms with Crippen molar-refractivity contribution in [2.75, 3.05) is 21.3 Å². The molecule has 0 radical (unpaired) electrons. The fourth-order valence-corrected chi connectivity index (χ4v) is 2.91. The van der Waals surface area contributed by atoms with Gasteiger partial charge in [-0.15, -0.1) is 0 Å². The minimum absolute atomic E-state index is 0.229. The first-order valence-electron chi connectivity index (χ1n) is 5.38. The molecule has 7 heteroatoms. The van der Waals surface area contributed by atoms with Gasteiger partial charge in [0.2, 0.25) is 5.66 Å². The summed E-state index contributed by atoms with van der Waals surface area (Å²) in [5, 5.41) is 0. The number of ether oxygens (including phenoxy) is 1. The number of hydrogen-bond donors (Lipinski definition) is 0. The molecule has 0 spiro atoms. The van der Waals surface area contributed by atoms with Gasteiger partial charge in [0.05, 0.1) is 7.11 Å². The molecule has 1 aromatic carbocycles. The van der Waals surface area contributed by atoms with Gasteiger partial charge in [0.1, 0.15) is 0 Å². The van der Waals surface area contributed by atoms with Crippen LogP contribution in [-0.4, -0.2) is 38.7 Å². The van der Waals surface area contributed by atoms with Crippen molar-refractivity contribution in [2.45, 2.75) is 5.66 Å². The summed E-state index contributed by atoms with van der Waals surface area (Å²) in [7, 11) is -0.590. The second-order valence-corrected chi connectivity index (χ2v) is 5.89. The third-order valence-corrected chi connectivity index (χ3v) is 4.65. The maximum Gasteiger partial charge on any atom is 0.352 e. The SMILES string of the molecule is COC(=O)C(C(=O)c1ccccc1)P(=O)(OC)OC. The lowest BCUT2D eigenvalue weighted by atomic mass is 10.1. The van der Waals surface area contributed by atoms with Crippen LogP contribution in [0.15, 0.2) is 30.3 Å². The highest BCUT2D eigenvalue weighted by molar-refractivity contribution is 7.57. The van der Waals surface area contributed by atoms with Crippen LogP contribution in [0.4, 0.5) is 0 Å². The second-order valence-electron chi connectivity index (χ2n) is 3.56. The molecule has 0 heterocycles. The molecule has 0 amide bonds. The molecule has 1 rings (SSSR count). The number of carbonyl (C=O) groups is 2. The van der Waals surface area contributed by atoms with Gasteiger partial charge >= 0.3 is 13.6 Å². The maximum atomic E-state index is 12.3. The van der Waals surface area contributed by atoms with Gasteiger partial charge in [0.25, 0.3) is 0 Å². The lowest BCUT2D eigenvalue weighted by Gasteiger charge is -2.21. The number of carbonyl (C=O) groups excluding carboxylic acids is 2. The molecule has 1 atom stereocenters. The van der Waals surface area contributed by atoms with Crippen LogP contribution in [0.25, 0.3) is 0 Å². The summed E-state index contributed by atoms with van der Waals surface area (Å²) in [5.41, 5.74) is -1.40. The Labute approximate surface area is 111 Å². The Kier molecular flexibility index (Phi) is 5.42. The molecule has 1 unspecified atom stereocenters. The van der Waals surface area contributed by atoms with Crippen molar-refractivity contribution >= 4 is 19.3 Å². The molecular weight excluding hydrogens is 271 g/mol. The second kappa shape index (κ2) is 6.61. The number of benzene rings is 1. The fourth-order valence-electron chi connectivity index (χ4n) is 1.54. The number of hydrogen-bond acceptors (Lipinski definition) is 6. The number of ketones is 1. The van der Waals surface area contributed by atoms with Crippen molar-refractivity contribution in [1.82, 2.24) is 0 Å². The van der Waals surface area contributed by atoms with Crippen LogP contribution in [0.2, 0.25) is 0 Å². The van der Waals surface area contributed by atoms with Crippen molar-refractivity contribution in [3.8, 4) is 0 Å². The average Bonchev–Trinajstić information content (AvgIpc) is 2.47. The molecule has 0 fully saturated rings. The minimum Gasteiger partial charge on any atom is -0.468 e. The van der Waals surface area contributed by atoms with Crippen LogP contribution >= 0.6 is 7.60 Å². The number of methoxy groups -OCH3 is 1. The maximum absolute atomic E-state index is 12.3. The van der Waals surface area contributed by atoms with Gasteiger partial charge in [0, 0.05) is 19.8 Å². The van der Waals surface area contributed by atoms with Gasteiger partial charge in [-0.05, 0) is 0 Å². The van der Waals surface area contributed by atoms with E-state index in [0.717, 1.165) is 21.3 Å². The zero-order valence-corrected chi connectivity index (χ0v) is 11.8. The van der Waals surface area contributed by atoms with E-state index in [-0.39, 0.29) is 5.56 Å². The zero-order chi connectivity index (χ0) is 14.5. The van der Waals surface area contributed by atoms with Gasteiger partial charge in [-0.1, -0.05) is 30.3 Å². The van der Waals surface area contributed by atoms with E-state index in [1.165, 1.54) is 12.1 Å². The Morgan fingerprint density at radius 2 is 1.58 bits per heavy atom. The molecule has 19 heavy (non-hydrogen) atoms. The van der Waals surface area contributed by atoms with Crippen LogP contribution in [-0.2, 0) is 23.1 Å². The predicted molar refractivity (Wildman–Crippen MR) is 68.2 cm³/mol. The molecule has 6 nitrogen and oxygen atoms in total. The van der Waals surface area contributed by atoms with Crippen molar-refractivity contribution in [3.05, 3.63) is 35.9 Å². The Morgan fingerprint density at radius 3 is 2.00 bits per heavy atom. The summed E-state index contributed by atoms with van der Waals surface area (Å²) >= 11 is 0. The molecular formula is C12H15O6P. The smallest absolute Gasteiger partial charge is 0.352 e. The Balaban J connectivity index is 3.23. The van der Waals surface area contributed by atoms with E-state index in [1.807, 2.05) is 0 Å². The van der Waals surface area contributed by atoms with Crippen molar-refractivity contribution < 1.29 is 27.9 Å².